The van der Waals surface area contributed by atoms with E-state index in [0.717, 1.165) is 5.56 Å². The maximum atomic E-state index is 9.96. The molecule has 0 aliphatic carbocycles. The number of aliphatic carboxylic acids is 1. The van der Waals surface area contributed by atoms with Crippen LogP contribution in [0.4, 0.5) is 0 Å². The van der Waals surface area contributed by atoms with Gasteiger partial charge in [0.25, 0.3) is 0 Å². The molecule has 0 fully saturated rings. The number of rotatable bonds is 2. The summed E-state index contributed by atoms with van der Waals surface area (Å²) in [6, 6.07) is 1.78. The van der Waals surface area contributed by atoms with E-state index >= 15 is 0 Å². The van der Waals surface area contributed by atoms with Gasteiger partial charge in [-0.25, -0.2) is 0 Å². The van der Waals surface area contributed by atoms with Crippen LogP contribution in [0.15, 0.2) is 16.8 Å². The third-order valence-corrected chi connectivity index (χ3v) is 1.66. The number of thiophene rings is 1. The van der Waals surface area contributed by atoms with Gasteiger partial charge in [-0.3, -0.25) is 0 Å². The van der Waals surface area contributed by atoms with E-state index in [9.17, 15) is 9.90 Å². The van der Waals surface area contributed by atoms with E-state index in [1.165, 1.54) is 11.3 Å². The zero-order valence-corrected chi connectivity index (χ0v) is 9.60. The fourth-order valence-electron chi connectivity index (χ4n) is 0.560. The number of carbonyl (C=O) groups is 1. The number of carboxylic acids is 1. The summed E-state index contributed by atoms with van der Waals surface area (Å²) in [7, 11) is 0. The Balaban J connectivity index is 0.000000810. The topological polar surface area (TPSA) is 40.1 Å². The van der Waals surface area contributed by atoms with Crippen molar-refractivity contribution in [1.29, 1.82) is 0 Å². The average Bonchev–Trinajstić information content (AvgIpc) is 2.15. The van der Waals surface area contributed by atoms with E-state index in [4.69, 9.17) is 0 Å². The van der Waals surface area contributed by atoms with Crippen LogP contribution in [0.25, 0.3) is 0 Å². The SMILES string of the molecule is O=C([O-])Cc1ccsc1.[K+]. The van der Waals surface area contributed by atoms with Crippen molar-refractivity contribution >= 4 is 17.3 Å². The van der Waals surface area contributed by atoms with Crippen molar-refractivity contribution in [3.63, 3.8) is 0 Å². The van der Waals surface area contributed by atoms with E-state index in [1.807, 2.05) is 5.38 Å². The number of hydrogen-bond acceptors (Lipinski definition) is 3. The number of carboxylic acid groups (broad SMARTS) is 1. The van der Waals surface area contributed by atoms with Crippen molar-refractivity contribution in [3.05, 3.63) is 22.4 Å². The van der Waals surface area contributed by atoms with Crippen LogP contribution in [0.2, 0.25) is 0 Å². The van der Waals surface area contributed by atoms with Gasteiger partial charge < -0.3 is 9.90 Å². The van der Waals surface area contributed by atoms with Crippen LogP contribution in [0.3, 0.4) is 0 Å². The predicted octanol–water partition coefficient (Wildman–Crippen LogP) is -2.96. The van der Waals surface area contributed by atoms with Crippen LogP contribution in [0.1, 0.15) is 5.56 Å². The molecule has 0 saturated carbocycles. The summed E-state index contributed by atoms with van der Waals surface area (Å²) in [4.78, 5) is 9.96. The molecule has 1 aromatic heterocycles. The summed E-state index contributed by atoms with van der Waals surface area (Å²) in [5.41, 5.74) is 0.819. The summed E-state index contributed by atoms with van der Waals surface area (Å²) in [6.45, 7) is 0. The van der Waals surface area contributed by atoms with E-state index in [0.29, 0.717) is 0 Å². The molecule has 0 bridgehead atoms. The first kappa shape index (κ1) is 10.8. The third kappa shape index (κ3) is 3.85. The van der Waals surface area contributed by atoms with Gasteiger partial charge in [0.2, 0.25) is 0 Å². The first-order chi connectivity index (χ1) is 4.29. The quantitative estimate of drug-likeness (QED) is 0.456. The van der Waals surface area contributed by atoms with Gasteiger partial charge in [-0.15, -0.1) is 0 Å². The molecule has 48 valence electrons. The van der Waals surface area contributed by atoms with Gasteiger partial charge in [0.1, 0.15) is 0 Å². The van der Waals surface area contributed by atoms with Gasteiger partial charge >= 0.3 is 51.4 Å². The van der Waals surface area contributed by atoms with Crippen molar-refractivity contribution in [1.82, 2.24) is 0 Å². The monoisotopic (exact) mass is 180 g/mol. The van der Waals surface area contributed by atoms with Crippen LogP contribution in [-0.2, 0) is 11.2 Å². The molecule has 0 aromatic carbocycles. The summed E-state index contributed by atoms with van der Waals surface area (Å²) in [5, 5.41) is 13.6. The molecule has 0 aliphatic rings. The van der Waals surface area contributed by atoms with Crippen LogP contribution in [-0.4, -0.2) is 5.97 Å². The Labute approximate surface area is 106 Å². The molecule has 0 N–H and O–H groups in total. The Hall–Kier alpha value is 0.806. The molecule has 0 radical (unpaired) electrons. The molecule has 10 heavy (non-hydrogen) atoms. The minimum Gasteiger partial charge on any atom is -0.550 e. The average molecular weight is 180 g/mol. The van der Waals surface area contributed by atoms with E-state index in [-0.39, 0.29) is 57.8 Å². The Kier molecular flexibility index (Phi) is 5.90. The molecule has 0 unspecified atom stereocenters. The Morgan fingerprint density at radius 1 is 1.70 bits per heavy atom. The normalized spacial score (nSPS) is 8.40. The molecule has 2 nitrogen and oxygen atoms in total. The van der Waals surface area contributed by atoms with Crippen molar-refractivity contribution in [2.75, 3.05) is 0 Å². The van der Waals surface area contributed by atoms with Crippen molar-refractivity contribution < 1.29 is 61.3 Å². The van der Waals surface area contributed by atoms with Crippen molar-refractivity contribution in [2.45, 2.75) is 6.42 Å². The van der Waals surface area contributed by atoms with Gasteiger partial charge in [0.05, 0.1) is 0 Å². The van der Waals surface area contributed by atoms with Gasteiger partial charge in [0, 0.05) is 12.4 Å². The minimum atomic E-state index is -1.02. The smallest absolute Gasteiger partial charge is 0.550 e. The minimum absolute atomic E-state index is 0. The van der Waals surface area contributed by atoms with Gasteiger partial charge in [-0.1, -0.05) is 0 Å². The van der Waals surface area contributed by atoms with E-state index in [2.05, 4.69) is 0 Å². The maximum Gasteiger partial charge on any atom is 1.00 e. The Bertz CT molecular complexity index is 196. The maximum absolute atomic E-state index is 9.96. The molecular weight excluding hydrogens is 175 g/mol. The second-order valence-electron chi connectivity index (χ2n) is 1.68. The zero-order chi connectivity index (χ0) is 6.69. The van der Waals surface area contributed by atoms with Crippen LogP contribution >= 0.6 is 11.3 Å². The summed E-state index contributed by atoms with van der Waals surface area (Å²) in [5.74, 6) is -1.02. The summed E-state index contributed by atoms with van der Waals surface area (Å²) in [6.07, 6.45) is 0.0312. The molecule has 0 atom stereocenters. The third-order valence-electron chi connectivity index (χ3n) is 0.929. The molecule has 1 rings (SSSR count). The fraction of sp³-hybridized carbons (Fsp3) is 0.167. The molecular formula is C6H5KO2S. The Morgan fingerprint density at radius 3 is 2.80 bits per heavy atom. The van der Waals surface area contributed by atoms with Crippen LogP contribution in [0, 0.1) is 0 Å². The van der Waals surface area contributed by atoms with E-state index < -0.39 is 5.97 Å². The molecule has 0 aliphatic heterocycles. The predicted molar refractivity (Wildman–Crippen MR) is 33.0 cm³/mol. The first-order valence-corrected chi connectivity index (χ1v) is 3.44. The second kappa shape index (κ2) is 5.46. The summed E-state index contributed by atoms with van der Waals surface area (Å²) >= 11 is 1.49. The van der Waals surface area contributed by atoms with Crippen LogP contribution < -0.4 is 56.5 Å². The van der Waals surface area contributed by atoms with Gasteiger partial charge in [0.15, 0.2) is 0 Å². The van der Waals surface area contributed by atoms with E-state index in [1.54, 1.807) is 11.4 Å². The molecule has 1 aromatic rings. The zero-order valence-electron chi connectivity index (χ0n) is 5.66. The van der Waals surface area contributed by atoms with Crippen molar-refractivity contribution in [2.24, 2.45) is 0 Å². The molecule has 1 heterocycles. The number of hydrogen-bond donors (Lipinski definition) is 0. The Morgan fingerprint density at radius 2 is 2.40 bits per heavy atom. The number of carbonyl (C=O) groups excluding carboxylic acids is 1. The van der Waals surface area contributed by atoms with Crippen molar-refractivity contribution in [3.8, 4) is 0 Å². The molecule has 4 heteroatoms. The molecule has 0 amide bonds. The summed E-state index contributed by atoms with van der Waals surface area (Å²) < 4.78 is 0. The molecule has 0 spiro atoms. The van der Waals surface area contributed by atoms with Gasteiger partial charge in [-0.2, -0.15) is 11.3 Å². The second-order valence-corrected chi connectivity index (χ2v) is 2.46. The van der Waals surface area contributed by atoms with Gasteiger partial charge in [-0.05, 0) is 22.4 Å². The van der Waals surface area contributed by atoms with Crippen LogP contribution in [0.5, 0.6) is 0 Å². The fourth-order valence-corrected chi connectivity index (χ4v) is 1.23. The standard InChI is InChI=1S/C6H6O2S.K/c7-6(8)3-5-1-2-9-4-5;/h1-2,4H,3H2,(H,7,8);/q;+1/p-1. The molecule has 0 saturated heterocycles. The largest absolute Gasteiger partial charge is 1.00 e. The first-order valence-electron chi connectivity index (χ1n) is 2.50.